The van der Waals surface area contributed by atoms with Crippen LogP contribution in [0.15, 0.2) is 28.3 Å². The van der Waals surface area contributed by atoms with Gasteiger partial charge in [0, 0.05) is 4.90 Å². The first kappa shape index (κ1) is 7.08. The largest absolute Gasteiger partial charge is 0.397 e. The minimum Gasteiger partial charge on any atom is -0.397 e. The summed E-state index contributed by atoms with van der Waals surface area (Å²) in [6.07, 6.45) is 0. The van der Waals surface area contributed by atoms with Gasteiger partial charge in [-0.25, -0.2) is 0 Å². The molecule has 0 aromatic heterocycles. The van der Waals surface area contributed by atoms with E-state index in [1.54, 1.807) is 12.1 Å². The predicted molar refractivity (Wildman–Crippen MR) is 43.6 cm³/mol. The lowest BCUT2D eigenvalue weighted by Crippen LogP contribution is -1.83. The first-order chi connectivity index (χ1) is 4.74. The molecule has 4 heteroatoms. The van der Waals surface area contributed by atoms with Crippen molar-refractivity contribution in [3.8, 4) is 0 Å². The highest BCUT2D eigenvalue weighted by Gasteiger charge is 1.96. The molecule has 1 aromatic carbocycles. The van der Waals surface area contributed by atoms with Crippen LogP contribution in [-0.2, 0) is 0 Å². The molecule has 0 saturated heterocycles. The van der Waals surface area contributed by atoms with E-state index in [2.05, 4.69) is 17.8 Å². The molecule has 0 aliphatic rings. The number of hydrogen-bond acceptors (Lipinski definition) is 4. The highest BCUT2D eigenvalue weighted by Crippen LogP contribution is 2.23. The van der Waals surface area contributed by atoms with Crippen LogP contribution in [0.3, 0.4) is 0 Å². The average molecular weight is 154 g/mol. The second-order valence-electron chi connectivity index (χ2n) is 1.83. The Morgan fingerprint density at radius 1 is 1.50 bits per heavy atom. The lowest BCUT2D eigenvalue weighted by atomic mass is 10.3. The summed E-state index contributed by atoms with van der Waals surface area (Å²) in [5.74, 6) is 0. The monoisotopic (exact) mass is 154 g/mol. The summed E-state index contributed by atoms with van der Waals surface area (Å²) < 4.78 is 0. The van der Waals surface area contributed by atoms with Gasteiger partial charge in [0.05, 0.1) is 5.69 Å². The van der Waals surface area contributed by atoms with E-state index in [-0.39, 0.29) is 5.69 Å². The summed E-state index contributed by atoms with van der Waals surface area (Å²) >= 11 is 4.02. The van der Waals surface area contributed by atoms with Crippen LogP contribution in [-0.4, -0.2) is 0 Å². The number of nitrogen functional groups attached to an aromatic ring is 1. The van der Waals surface area contributed by atoms with E-state index < -0.39 is 0 Å². The molecule has 0 atom stereocenters. The summed E-state index contributed by atoms with van der Waals surface area (Å²) in [7, 11) is 0. The van der Waals surface area contributed by atoms with Crippen LogP contribution >= 0.6 is 12.6 Å². The average Bonchev–Trinajstić information content (AvgIpc) is 1.88. The number of benzene rings is 1. The quantitative estimate of drug-likeness (QED) is 0.369. The molecule has 52 valence electrons. The third-order valence-electron chi connectivity index (χ3n) is 1.11. The molecule has 3 nitrogen and oxygen atoms in total. The van der Waals surface area contributed by atoms with Crippen molar-refractivity contribution >= 4 is 24.0 Å². The Balaban J connectivity index is 3.19. The van der Waals surface area contributed by atoms with Crippen LogP contribution in [0.5, 0.6) is 0 Å². The maximum Gasteiger partial charge on any atom is 0.130 e. The van der Waals surface area contributed by atoms with Gasteiger partial charge in [0.1, 0.15) is 5.69 Å². The van der Waals surface area contributed by atoms with Gasteiger partial charge >= 0.3 is 0 Å². The third-order valence-corrected chi connectivity index (χ3v) is 1.39. The van der Waals surface area contributed by atoms with Crippen molar-refractivity contribution in [1.82, 2.24) is 0 Å². The van der Waals surface area contributed by atoms with Gasteiger partial charge in [0.25, 0.3) is 0 Å². The van der Waals surface area contributed by atoms with Gasteiger partial charge in [-0.1, -0.05) is 0 Å². The third kappa shape index (κ3) is 1.27. The van der Waals surface area contributed by atoms with Crippen LogP contribution in [0.1, 0.15) is 0 Å². The fraction of sp³-hybridized carbons (Fsp3) is 0. The summed E-state index contributed by atoms with van der Waals surface area (Å²) in [6.45, 7) is 0. The zero-order chi connectivity index (χ0) is 7.56. The molecule has 0 saturated carbocycles. The first-order valence-corrected chi connectivity index (χ1v) is 3.10. The lowest BCUT2D eigenvalue weighted by molar-refractivity contribution is 1.42. The molecule has 2 N–H and O–H groups in total. The van der Waals surface area contributed by atoms with Crippen molar-refractivity contribution in [2.75, 3.05) is 5.73 Å². The highest BCUT2D eigenvalue weighted by molar-refractivity contribution is 7.80. The van der Waals surface area contributed by atoms with Gasteiger partial charge in [-0.15, -0.1) is 17.5 Å². The van der Waals surface area contributed by atoms with Crippen LogP contribution < -0.4 is 5.73 Å². The van der Waals surface area contributed by atoms with Gasteiger partial charge < -0.3 is 5.73 Å². The molecule has 0 heterocycles. The Bertz CT molecular complexity index is 262. The number of hydrogen-bond donors (Lipinski definition) is 2. The Labute approximate surface area is 63.6 Å². The summed E-state index contributed by atoms with van der Waals surface area (Å²) in [5.41, 5.74) is 6.01. The van der Waals surface area contributed by atoms with E-state index in [0.717, 1.165) is 4.90 Å². The minimum absolute atomic E-state index is 0.262. The molecule has 0 amide bonds. The maximum atomic E-state index is 9.98. The van der Waals surface area contributed by atoms with Crippen molar-refractivity contribution in [1.29, 1.82) is 0 Å². The number of nitroso groups, excluding NO2 is 1. The van der Waals surface area contributed by atoms with E-state index in [4.69, 9.17) is 5.73 Å². The van der Waals surface area contributed by atoms with Crippen molar-refractivity contribution < 1.29 is 0 Å². The summed E-state index contributed by atoms with van der Waals surface area (Å²) in [5, 5.41) is 2.70. The Morgan fingerprint density at radius 2 is 2.20 bits per heavy atom. The SMILES string of the molecule is Nc1cc(S)ccc1N=O. The first-order valence-electron chi connectivity index (χ1n) is 2.66. The Morgan fingerprint density at radius 3 is 2.70 bits per heavy atom. The molecule has 0 aliphatic carbocycles. The normalized spacial score (nSPS) is 9.30. The predicted octanol–water partition coefficient (Wildman–Crippen LogP) is 1.96. The standard InChI is InChI=1S/C6H6N2OS/c7-5-3-4(10)1-2-6(5)8-9/h1-3,10H,7H2. The molecule has 0 bridgehead atoms. The van der Waals surface area contributed by atoms with Crippen molar-refractivity contribution in [3.63, 3.8) is 0 Å². The Hall–Kier alpha value is -1.03. The van der Waals surface area contributed by atoms with Crippen LogP contribution in [0.4, 0.5) is 11.4 Å². The molecule has 0 spiro atoms. The maximum absolute atomic E-state index is 9.98. The topological polar surface area (TPSA) is 55.4 Å². The molecule has 10 heavy (non-hydrogen) atoms. The van der Waals surface area contributed by atoms with Crippen molar-refractivity contribution in [2.45, 2.75) is 4.90 Å². The van der Waals surface area contributed by atoms with E-state index in [9.17, 15) is 4.91 Å². The van der Waals surface area contributed by atoms with Crippen LogP contribution in [0.2, 0.25) is 0 Å². The molecule has 0 fully saturated rings. The number of nitrogens with zero attached hydrogens (tertiary/aromatic N) is 1. The second-order valence-corrected chi connectivity index (χ2v) is 2.35. The van der Waals surface area contributed by atoms with E-state index in [1.165, 1.54) is 6.07 Å². The number of thiol groups is 1. The molecule has 0 radical (unpaired) electrons. The minimum atomic E-state index is 0.262. The Kier molecular flexibility index (Phi) is 1.91. The van der Waals surface area contributed by atoms with Crippen LogP contribution in [0, 0.1) is 4.91 Å². The van der Waals surface area contributed by atoms with E-state index in [1.807, 2.05) is 0 Å². The van der Waals surface area contributed by atoms with Gasteiger partial charge in [0.15, 0.2) is 0 Å². The summed E-state index contributed by atoms with van der Waals surface area (Å²) in [6, 6.07) is 4.78. The van der Waals surface area contributed by atoms with Gasteiger partial charge in [-0.05, 0) is 23.4 Å². The van der Waals surface area contributed by atoms with Crippen molar-refractivity contribution in [2.24, 2.45) is 5.18 Å². The molecule has 0 aliphatic heterocycles. The molecular weight excluding hydrogens is 148 g/mol. The van der Waals surface area contributed by atoms with Gasteiger partial charge in [0.2, 0.25) is 0 Å². The fourth-order valence-corrected chi connectivity index (χ4v) is 0.839. The van der Waals surface area contributed by atoms with Crippen molar-refractivity contribution in [3.05, 3.63) is 23.1 Å². The number of nitrogens with two attached hydrogens (primary N) is 1. The summed E-state index contributed by atoms with van der Waals surface area (Å²) in [4.78, 5) is 10.7. The lowest BCUT2D eigenvalue weighted by Gasteiger charge is -1.95. The van der Waals surface area contributed by atoms with Gasteiger partial charge in [-0.2, -0.15) is 0 Å². The van der Waals surface area contributed by atoms with E-state index >= 15 is 0 Å². The molecule has 1 aromatic rings. The molecular formula is C6H6N2OS. The number of rotatable bonds is 1. The second kappa shape index (κ2) is 2.70. The highest BCUT2D eigenvalue weighted by atomic mass is 32.1. The van der Waals surface area contributed by atoms with Crippen LogP contribution in [0.25, 0.3) is 0 Å². The smallest absolute Gasteiger partial charge is 0.130 e. The number of anilines is 1. The van der Waals surface area contributed by atoms with Gasteiger partial charge in [-0.3, -0.25) is 0 Å². The fourth-order valence-electron chi connectivity index (χ4n) is 0.625. The zero-order valence-corrected chi connectivity index (χ0v) is 6.01. The van der Waals surface area contributed by atoms with E-state index in [0.29, 0.717) is 5.69 Å². The zero-order valence-electron chi connectivity index (χ0n) is 5.11. The molecule has 0 unspecified atom stereocenters. The molecule has 1 rings (SSSR count).